The Morgan fingerprint density at radius 3 is 1.88 bits per heavy atom. The van der Waals surface area contributed by atoms with Gasteiger partial charge in [-0.2, -0.15) is 0 Å². The molecule has 1 unspecified atom stereocenters. The van der Waals surface area contributed by atoms with Crippen molar-refractivity contribution in [1.29, 1.82) is 0 Å². The zero-order chi connectivity index (χ0) is 25.0. The van der Waals surface area contributed by atoms with Gasteiger partial charge in [0.2, 0.25) is 6.41 Å². The summed E-state index contributed by atoms with van der Waals surface area (Å²) < 4.78 is 0. The number of amides is 4. The van der Waals surface area contributed by atoms with Gasteiger partial charge in [-0.15, -0.1) is 0 Å². The van der Waals surface area contributed by atoms with Gasteiger partial charge in [0, 0.05) is 45.8 Å². The lowest BCUT2D eigenvalue weighted by Gasteiger charge is -2.36. The molecule has 0 radical (unpaired) electrons. The minimum atomic E-state index is -1.25. The minimum absolute atomic E-state index is 0.00139. The average molecular weight is 467 g/mol. The first-order chi connectivity index (χ1) is 15.7. The predicted molar refractivity (Wildman–Crippen MR) is 122 cm³/mol. The third-order valence-corrected chi connectivity index (χ3v) is 5.32. The van der Waals surface area contributed by atoms with E-state index in [9.17, 15) is 34.5 Å². The fraction of sp³-hybridized carbons (Fsp3) is 0.545. The molecule has 1 atom stereocenters. The van der Waals surface area contributed by atoms with E-state index in [0.717, 1.165) is 25.8 Å². The number of carboxylic acid groups (broad SMARTS) is 3. The second kappa shape index (κ2) is 13.8. The molecule has 3 N–H and O–H groups in total. The second-order valence-corrected chi connectivity index (χ2v) is 7.46. The Kier molecular flexibility index (Phi) is 11.5. The van der Waals surface area contributed by atoms with Crippen molar-refractivity contribution in [3.63, 3.8) is 0 Å². The van der Waals surface area contributed by atoms with Crippen molar-refractivity contribution in [1.82, 2.24) is 19.6 Å². The molecule has 0 aliphatic carbocycles. The number of carbonyl (C=O) groups is 4. The van der Waals surface area contributed by atoms with Crippen molar-refractivity contribution >= 4 is 24.7 Å². The smallest absolute Gasteiger partial charge is 0.407 e. The van der Waals surface area contributed by atoms with Gasteiger partial charge in [0.05, 0.1) is 6.04 Å². The summed E-state index contributed by atoms with van der Waals surface area (Å²) in [6.45, 7) is 5.74. The van der Waals surface area contributed by atoms with Crippen LogP contribution in [-0.4, -0.2) is 111 Å². The molecule has 11 nitrogen and oxygen atoms in total. The van der Waals surface area contributed by atoms with Crippen LogP contribution in [0.4, 0.5) is 14.4 Å². The van der Waals surface area contributed by atoms with Crippen molar-refractivity contribution in [3.8, 4) is 0 Å². The third-order valence-electron chi connectivity index (χ3n) is 5.32. The molecular weight excluding hydrogens is 432 g/mol. The lowest BCUT2D eigenvalue weighted by molar-refractivity contribution is -0.118. The average Bonchev–Trinajstić information content (AvgIpc) is 2.77. The fourth-order valence-electron chi connectivity index (χ4n) is 3.47. The van der Waals surface area contributed by atoms with E-state index in [4.69, 9.17) is 0 Å². The quantitative estimate of drug-likeness (QED) is 0.581. The Hall–Kier alpha value is -3.50. The molecule has 1 heterocycles. The molecule has 1 aromatic rings. The molecule has 1 aliphatic rings. The highest BCUT2D eigenvalue weighted by atomic mass is 16.4. The molecule has 11 heteroatoms. The Morgan fingerprint density at radius 2 is 1.36 bits per heavy atom. The van der Waals surface area contributed by atoms with E-state index in [1.165, 1.54) is 4.90 Å². The van der Waals surface area contributed by atoms with Crippen molar-refractivity contribution in [2.75, 3.05) is 45.8 Å². The topological polar surface area (TPSA) is 142 Å². The molecule has 184 valence electrons. The third kappa shape index (κ3) is 8.87. The van der Waals surface area contributed by atoms with E-state index >= 15 is 0 Å². The van der Waals surface area contributed by atoms with Gasteiger partial charge in [0.1, 0.15) is 0 Å². The van der Waals surface area contributed by atoms with Gasteiger partial charge in [-0.25, -0.2) is 14.4 Å². The number of rotatable bonds is 3. The number of hydrogen-bond acceptors (Lipinski definition) is 4. The Balaban J connectivity index is 0.00000265. The molecule has 0 bridgehead atoms. The summed E-state index contributed by atoms with van der Waals surface area (Å²) in [6.07, 6.45) is -2.84. The highest BCUT2D eigenvalue weighted by Crippen LogP contribution is 2.14. The Morgan fingerprint density at radius 1 is 0.848 bits per heavy atom. The van der Waals surface area contributed by atoms with Crippen LogP contribution in [0.5, 0.6) is 0 Å². The van der Waals surface area contributed by atoms with Crippen LogP contribution in [0.25, 0.3) is 0 Å². The summed E-state index contributed by atoms with van der Waals surface area (Å²) in [5.74, 6) is 0. The van der Waals surface area contributed by atoms with Crippen LogP contribution >= 0.6 is 0 Å². The lowest BCUT2D eigenvalue weighted by Crippen LogP contribution is -2.53. The Bertz CT molecular complexity index is 787. The van der Waals surface area contributed by atoms with E-state index in [-0.39, 0.29) is 52.2 Å². The van der Waals surface area contributed by atoms with E-state index < -0.39 is 24.3 Å². The van der Waals surface area contributed by atoms with Crippen molar-refractivity contribution < 1.29 is 34.5 Å². The highest BCUT2D eigenvalue weighted by Gasteiger charge is 2.29. The number of hydrogen-bond donors (Lipinski definition) is 3. The predicted octanol–water partition coefficient (Wildman–Crippen LogP) is 2.34. The van der Waals surface area contributed by atoms with Gasteiger partial charge in [0.25, 0.3) is 0 Å². The standard InChI is InChI=1S/C20H28N4O7.C2H6/c1-15-2-4-16(5-3-15)12-17-13-23(19(28)29)10-9-22(18(26)27)8-6-21(14-25)7-11-24(17)20(30)31;1-2/h2-5,14,17H,6-13H2,1H3,(H,26,27)(H,28,29)(H,30,31);1-2H3. The SMILES string of the molecule is CC.Cc1ccc(CC2CN(C(=O)O)CCN(C(=O)O)CCN(C=O)CCN2C(=O)O)cc1. The van der Waals surface area contributed by atoms with Crippen LogP contribution in [-0.2, 0) is 11.2 Å². The zero-order valence-corrected chi connectivity index (χ0v) is 19.4. The van der Waals surface area contributed by atoms with Gasteiger partial charge in [0.15, 0.2) is 0 Å². The maximum atomic E-state index is 12.0. The molecule has 2 rings (SSSR count). The first-order valence-electron chi connectivity index (χ1n) is 10.9. The second-order valence-electron chi connectivity index (χ2n) is 7.46. The first-order valence-corrected chi connectivity index (χ1v) is 10.9. The van der Waals surface area contributed by atoms with Gasteiger partial charge < -0.3 is 34.9 Å². The van der Waals surface area contributed by atoms with Crippen molar-refractivity contribution in [2.45, 2.75) is 33.2 Å². The maximum Gasteiger partial charge on any atom is 0.407 e. The van der Waals surface area contributed by atoms with E-state index in [2.05, 4.69) is 0 Å². The monoisotopic (exact) mass is 466 g/mol. The summed E-state index contributed by atoms with van der Waals surface area (Å²) in [4.78, 5) is 51.3. The largest absolute Gasteiger partial charge is 0.465 e. The lowest BCUT2D eigenvalue weighted by atomic mass is 10.0. The summed E-state index contributed by atoms with van der Waals surface area (Å²) in [5.41, 5.74) is 1.89. The maximum absolute atomic E-state index is 12.0. The van der Waals surface area contributed by atoms with Gasteiger partial charge in [-0.1, -0.05) is 43.7 Å². The van der Waals surface area contributed by atoms with Crippen molar-refractivity contribution in [2.24, 2.45) is 0 Å². The molecule has 0 aromatic heterocycles. The summed E-state index contributed by atoms with van der Waals surface area (Å²) in [5, 5.41) is 28.8. The van der Waals surface area contributed by atoms with Crippen LogP contribution in [0.2, 0.25) is 0 Å². The molecule has 4 amide bonds. The van der Waals surface area contributed by atoms with E-state index in [1.54, 1.807) is 0 Å². The number of aryl methyl sites for hydroxylation is 1. The fourth-order valence-corrected chi connectivity index (χ4v) is 3.47. The molecule has 1 fully saturated rings. The summed E-state index contributed by atoms with van der Waals surface area (Å²) >= 11 is 0. The molecule has 33 heavy (non-hydrogen) atoms. The van der Waals surface area contributed by atoms with Gasteiger partial charge in [-0.3, -0.25) is 4.79 Å². The molecular formula is C22H34N4O7. The molecule has 1 saturated heterocycles. The van der Waals surface area contributed by atoms with Crippen molar-refractivity contribution in [3.05, 3.63) is 35.4 Å². The first kappa shape index (κ1) is 27.5. The van der Waals surface area contributed by atoms with Crippen LogP contribution in [0.1, 0.15) is 25.0 Å². The van der Waals surface area contributed by atoms with Crippen LogP contribution in [0.3, 0.4) is 0 Å². The number of nitrogens with zero attached hydrogens (tertiary/aromatic N) is 4. The van der Waals surface area contributed by atoms with Gasteiger partial charge >= 0.3 is 18.3 Å². The molecule has 1 aliphatic heterocycles. The van der Waals surface area contributed by atoms with Crippen LogP contribution in [0, 0.1) is 6.92 Å². The van der Waals surface area contributed by atoms with E-state index in [1.807, 2.05) is 45.0 Å². The van der Waals surface area contributed by atoms with Gasteiger partial charge in [-0.05, 0) is 18.9 Å². The summed E-state index contributed by atoms with van der Waals surface area (Å²) in [6, 6.07) is 6.80. The molecule has 0 saturated carbocycles. The van der Waals surface area contributed by atoms with E-state index in [0.29, 0.717) is 6.41 Å². The Labute approximate surface area is 193 Å². The number of benzene rings is 1. The van der Waals surface area contributed by atoms with Crippen LogP contribution < -0.4 is 0 Å². The molecule has 1 aromatic carbocycles. The number of carbonyl (C=O) groups excluding carboxylic acids is 1. The summed E-state index contributed by atoms with van der Waals surface area (Å²) in [7, 11) is 0. The van der Waals surface area contributed by atoms with Crippen LogP contribution in [0.15, 0.2) is 24.3 Å². The highest BCUT2D eigenvalue weighted by molar-refractivity contribution is 5.68. The normalized spacial score (nSPS) is 17.7. The minimum Gasteiger partial charge on any atom is -0.465 e. The zero-order valence-electron chi connectivity index (χ0n) is 19.4. The molecule has 0 spiro atoms.